The molecule has 58 heavy (non-hydrogen) atoms. The van der Waals surface area contributed by atoms with Crippen LogP contribution in [0.4, 0.5) is 17.1 Å². The van der Waals surface area contributed by atoms with Gasteiger partial charge in [-0.25, -0.2) is 0 Å². The predicted octanol–water partition coefficient (Wildman–Crippen LogP) is 15.9. The van der Waals surface area contributed by atoms with Gasteiger partial charge in [-0.05, 0) is 95.1 Å². The minimum atomic E-state index is 0.868. The molecule has 0 radical (unpaired) electrons. The van der Waals surface area contributed by atoms with Crippen molar-refractivity contribution < 1.29 is 4.42 Å². The van der Waals surface area contributed by atoms with Crippen LogP contribution < -0.4 is 4.90 Å². The van der Waals surface area contributed by atoms with Gasteiger partial charge in [0.2, 0.25) is 0 Å². The van der Waals surface area contributed by atoms with Crippen LogP contribution in [0.3, 0.4) is 0 Å². The van der Waals surface area contributed by atoms with E-state index in [2.05, 4.69) is 210 Å². The topological polar surface area (TPSA) is 21.3 Å². The summed E-state index contributed by atoms with van der Waals surface area (Å²) in [5.41, 5.74) is 13.2. The first-order chi connectivity index (χ1) is 28.8. The zero-order valence-corrected chi connectivity index (χ0v) is 32.2. The second kappa shape index (κ2) is 13.1. The standard InChI is InChI=1S/C54H34N2OS/c1-2-12-38(13-3-1)56-48-20-7-4-14-42(48)47-34-37(28-33-49(47)56)35-24-29-39(30-25-35)55(50-21-11-18-45-43-15-5-8-22-51(43)57-53(45)50)40-31-26-36(27-32-40)41-17-10-19-46-44-16-6-9-23-52(44)58-54(41)46/h1-34H. The van der Waals surface area contributed by atoms with Gasteiger partial charge < -0.3 is 13.9 Å². The lowest BCUT2D eigenvalue weighted by Gasteiger charge is -2.26. The summed E-state index contributed by atoms with van der Waals surface area (Å²) in [5.74, 6) is 0. The van der Waals surface area contributed by atoms with E-state index in [9.17, 15) is 0 Å². The highest BCUT2D eigenvalue weighted by atomic mass is 32.1. The molecule has 272 valence electrons. The van der Waals surface area contributed by atoms with Crippen molar-refractivity contribution in [3.63, 3.8) is 0 Å². The van der Waals surface area contributed by atoms with Gasteiger partial charge in [0.05, 0.1) is 16.7 Å². The van der Waals surface area contributed by atoms with Crippen molar-refractivity contribution in [1.82, 2.24) is 4.57 Å². The van der Waals surface area contributed by atoms with Crippen LogP contribution in [0.25, 0.3) is 91.9 Å². The molecule has 0 bridgehead atoms. The second-order valence-corrected chi connectivity index (χ2v) is 15.9. The Morgan fingerprint density at radius 2 is 1.03 bits per heavy atom. The third kappa shape index (κ3) is 5.12. The molecule has 0 aliphatic carbocycles. The SMILES string of the molecule is c1ccc(-n2c3ccccc3c3cc(-c4ccc(N(c5ccc(-c6cccc7c6sc6ccccc67)cc5)c5cccc6c5oc5ccccc56)cc4)ccc32)cc1. The Kier molecular flexibility index (Phi) is 7.40. The summed E-state index contributed by atoms with van der Waals surface area (Å²) >= 11 is 1.87. The van der Waals surface area contributed by atoms with Crippen molar-refractivity contribution in [1.29, 1.82) is 0 Å². The van der Waals surface area contributed by atoms with Crippen LogP contribution in [-0.2, 0) is 0 Å². The molecule has 0 spiro atoms. The van der Waals surface area contributed by atoms with E-state index in [1.165, 1.54) is 58.7 Å². The number of hydrogen-bond acceptors (Lipinski definition) is 3. The molecule has 0 fully saturated rings. The molecular formula is C54H34N2OS. The number of hydrogen-bond donors (Lipinski definition) is 0. The van der Waals surface area contributed by atoms with Crippen molar-refractivity contribution in [3.8, 4) is 27.9 Å². The molecule has 9 aromatic carbocycles. The molecule has 0 aliphatic rings. The van der Waals surface area contributed by atoms with Gasteiger partial charge in [-0.2, -0.15) is 0 Å². The Labute approximate surface area is 338 Å². The average Bonchev–Trinajstić information content (AvgIpc) is 3.97. The molecule has 0 saturated heterocycles. The highest BCUT2D eigenvalue weighted by molar-refractivity contribution is 7.26. The molecule has 4 heteroatoms. The fourth-order valence-corrected chi connectivity index (χ4v) is 10.1. The number of rotatable bonds is 6. The zero-order valence-electron chi connectivity index (χ0n) is 31.3. The number of fused-ring (bicyclic) bond motifs is 9. The van der Waals surface area contributed by atoms with E-state index < -0.39 is 0 Å². The number of para-hydroxylation sites is 4. The largest absolute Gasteiger partial charge is 0.454 e. The molecule has 3 nitrogen and oxygen atoms in total. The van der Waals surface area contributed by atoms with Gasteiger partial charge in [-0.1, -0.05) is 133 Å². The predicted molar refractivity (Wildman–Crippen MR) is 247 cm³/mol. The first-order valence-corrected chi connectivity index (χ1v) is 20.5. The quantitative estimate of drug-likeness (QED) is 0.168. The summed E-state index contributed by atoms with van der Waals surface area (Å²) in [4.78, 5) is 2.33. The van der Waals surface area contributed by atoms with Crippen LogP contribution >= 0.6 is 11.3 Å². The highest BCUT2D eigenvalue weighted by Crippen LogP contribution is 2.45. The molecule has 3 heterocycles. The molecule has 0 amide bonds. The maximum atomic E-state index is 6.64. The number of thiophene rings is 1. The van der Waals surface area contributed by atoms with E-state index in [1.54, 1.807) is 0 Å². The molecule has 3 aromatic heterocycles. The summed E-state index contributed by atoms with van der Waals surface area (Å²) in [5, 5.41) is 7.33. The molecule has 0 unspecified atom stereocenters. The molecule has 12 rings (SSSR count). The Hall–Kier alpha value is -7.40. The molecular weight excluding hydrogens is 725 g/mol. The van der Waals surface area contributed by atoms with Crippen LogP contribution in [-0.4, -0.2) is 4.57 Å². The number of aromatic nitrogens is 1. The van der Waals surface area contributed by atoms with Crippen molar-refractivity contribution >= 4 is 92.3 Å². The first kappa shape index (κ1) is 32.8. The van der Waals surface area contributed by atoms with Crippen molar-refractivity contribution in [2.75, 3.05) is 4.90 Å². The van der Waals surface area contributed by atoms with Gasteiger partial charge >= 0.3 is 0 Å². The third-order valence-electron chi connectivity index (χ3n) is 11.6. The van der Waals surface area contributed by atoms with Gasteiger partial charge in [0.15, 0.2) is 5.58 Å². The molecule has 12 aromatic rings. The van der Waals surface area contributed by atoms with Gasteiger partial charge in [-0.3, -0.25) is 0 Å². The van der Waals surface area contributed by atoms with E-state index in [0.717, 1.165) is 50.3 Å². The smallest absolute Gasteiger partial charge is 0.159 e. The monoisotopic (exact) mass is 758 g/mol. The average molecular weight is 759 g/mol. The second-order valence-electron chi connectivity index (χ2n) is 14.9. The summed E-state index contributed by atoms with van der Waals surface area (Å²) in [7, 11) is 0. The number of nitrogens with zero attached hydrogens (tertiary/aromatic N) is 2. The van der Waals surface area contributed by atoms with E-state index in [-0.39, 0.29) is 0 Å². The summed E-state index contributed by atoms with van der Waals surface area (Å²) in [6.45, 7) is 0. The summed E-state index contributed by atoms with van der Waals surface area (Å²) < 4.78 is 11.6. The van der Waals surface area contributed by atoms with Crippen LogP contribution in [0.5, 0.6) is 0 Å². The summed E-state index contributed by atoms with van der Waals surface area (Å²) in [6.07, 6.45) is 0. The normalized spacial score (nSPS) is 11.8. The third-order valence-corrected chi connectivity index (χ3v) is 12.8. The van der Waals surface area contributed by atoms with Crippen molar-refractivity contribution in [3.05, 3.63) is 206 Å². The van der Waals surface area contributed by atoms with Crippen LogP contribution in [0.1, 0.15) is 0 Å². The zero-order chi connectivity index (χ0) is 38.2. The Bertz CT molecular complexity index is 3500. The van der Waals surface area contributed by atoms with Crippen LogP contribution in [0, 0.1) is 0 Å². The van der Waals surface area contributed by atoms with Gasteiger partial charge in [0.1, 0.15) is 5.58 Å². The molecule has 0 saturated carbocycles. The van der Waals surface area contributed by atoms with Crippen LogP contribution in [0.2, 0.25) is 0 Å². The van der Waals surface area contributed by atoms with Gasteiger partial charge in [-0.15, -0.1) is 11.3 Å². The first-order valence-electron chi connectivity index (χ1n) is 19.7. The van der Waals surface area contributed by atoms with Crippen molar-refractivity contribution in [2.24, 2.45) is 0 Å². The fraction of sp³-hybridized carbons (Fsp3) is 0. The van der Waals surface area contributed by atoms with Gasteiger partial charge in [0.25, 0.3) is 0 Å². The molecule has 0 atom stereocenters. The van der Waals surface area contributed by atoms with E-state index in [4.69, 9.17) is 4.42 Å². The number of benzene rings is 9. The van der Waals surface area contributed by atoms with Crippen molar-refractivity contribution in [2.45, 2.75) is 0 Å². The Balaban J connectivity index is 0.979. The Morgan fingerprint density at radius 3 is 1.86 bits per heavy atom. The minimum absolute atomic E-state index is 0.868. The van der Waals surface area contributed by atoms with E-state index in [1.807, 2.05) is 17.4 Å². The van der Waals surface area contributed by atoms with E-state index >= 15 is 0 Å². The summed E-state index contributed by atoms with van der Waals surface area (Å²) in [6, 6.07) is 74.3. The minimum Gasteiger partial charge on any atom is -0.454 e. The Morgan fingerprint density at radius 1 is 0.414 bits per heavy atom. The van der Waals surface area contributed by atoms with E-state index in [0.29, 0.717) is 0 Å². The van der Waals surface area contributed by atoms with Gasteiger partial charge in [0, 0.05) is 58.8 Å². The van der Waals surface area contributed by atoms with Crippen LogP contribution in [0.15, 0.2) is 211 Å². The number of furan rings is 1. The lowest BCUT2D eigenvalue weighted by atomic mass is 10.0. The molecule has 0 aliphatic heterocycles. The number of anilines is 3. The lowest BCUT2D eigenvalue weighted by molar-refractivity contribution is 0.669. The molecule has 0 N–H and O–H groups in total. The highest BCUT2D eigenvalue weighted by Gasteiger charge is 2.20. The maximum absolute atomic E-state index is 6.64. The maximum Gasteiger partial charge on any atom is 0.159 e. The fourth-order valence-electron chi connectivity index (χ4n) is 8.91. The lowest BCUT2D eigenvalue weighted by Crippen LogP contribution is -2.10.